The van der Waals surface area contributed by atoms with E-state index in [4.69, 9.17) is 16.1 Å². The summed E-state index contributed by atoms with van der Waals surface area (Å²) in [4.78, 5) is 8.78. The van der Waals surface area contributed by atoms with E-state index in [1.165, 1.54) is 5.56 Å². The van der Waals surface area contributed by atoms with Gasteiger partial charge in [-0.25, -0.2) is 0 Å². The summed E-state index contributed by atoms with van der Waals surface area (Å²) in [6, 6.07) is 1.98. The van der Waals surface area contributed by atoms with Crippen LogP contribution in [0.2, 0.25) is 5.02 Å². The zero-order valence-corrected chi connectivity index (χ0v) is 13.1. The molecule has 2 aromatic rings. The monoisotopic (exact) mass is 306 g/mol. The summed E-state index contributed by atoms with van der Waals surface area (Å²) in [6.45, 7) is 8.81. The number of aromatic nitrogens is 2. The normalized spacial score (nSPS) is 16.4. The number of pyridine rings is 1. The first-order chi connectivity index (χ1) is 10.1. The van der Waals surface area contributed by atoms with Crippen LogP contribution in [0.15, 0.2) is 23.0 Å². The van der Waals surface area contributed by atoms with Gasteiger partial charge >= 0.3 is 0 Å². The minimum absolute atomic E-state index is 0.719. The second-order valence-corrected chi connectivity index (χ2v) is 5.80. The molecule has 0 bridgehead atoms. The van der Waals surface area contributed by atoms with E-state index < -0.39 is 0 Å². The van der Waals surface area contributed by atoms with Crippen LogP contribution >= 0.6 is 11.6 Å². The predicted molar refractivity (Wildman–Crippen MR) is 82.7 cm³/mol. The summed E-state index contributed by atoms with van der Waals surface area (Å²) < 4.78 is 5.23. The molecule has 1 aliphatic rings. The van der Waals surface area contributed by atoms with Gasteiger partial charge in [-0.2, -0.15) is 0 Å². The highest BCUT2D eigenvalue weighted by molar-refractivity contribution is 6.33. The molecule has 3 heterocycles. The Morgan fingerprint density at radius 2 is 2.00 bits per heavy atom. The molecular weight excluding hydrogens is 288 g/mol. The van der Waals surface area contributed by atoms with Gasteiger partial charge in [-0.1, -0.05) is 16.8 Å². The Kier molecular flexibility index (Phi) is 4.12. The number of hydrogen-bond acceptors (Lipinski definition) is 5. The predicted octanol–water partition coefficient (Wildman–Crippen LogP) is 2.66. The van der Waals surface area contributed by atoms with Crippen molar-refractivity contribution in [3.63, 3.8) is 0 Å². The summed E-state index contributed by atoms with van der Waals surface area (Å²) >= 11 is 6.21. The molecule has 1 fully saturated rings. The minimum Gasteiger partial charge on any atom is -0.368 e. The SMILES string of the molecule is Cc1noc(C)c1CN1CCN(c2ccncc2Cl)CC1. The minimum atomic E-state index is 0.719. The molecule has 0 radical (unpaired) electrons. The molecule has 0 spiro atoms. The molecule has 0 amide bonds. The second-order valence-electron chi connectivity index (χ2n) is 5.39. The summed E-state index contributed by atoms with van der Waals surface area (Å²) in [5, 5.41) is 4.74. The lowest BCUT2D eigenvalue weighted by Gasteiger charge is -2.36. The van der Waals surface area contributed by atoms with Crippen LogP contribution in [0.1, 0.15) is 17.0 Å². The summed E-state index contributed by atoms with van der Waals surface area (Å²) in [5.41, 5.74) is 3.28. The Morgan fingerprint density at radius 1 is 1.24 bits per heavy atom. The van der Waals surface area contributed by atoms with E-state index in [1.54, 1.807) is 12.4 Å². The molecule has 2 aromatic heterocycles. The maximum atomic E-state index is 6.21. The van der Waals surface area contributed by atoms with Gasteiger partial charge in [0.2, 0.25) is 0 Å². The largest absolute Gasteiger partial charge is 0.368 e. The molecule has 0 aromatic carbocycles. The van der Waals surface area contributed by atoms with E-state index in [0.717, 1.165) is 54.9 Å². The maximum absolute atomic E-state index is 6.21. The first-order valence-electron chi connectivity index (χ1n) is 7.13. The van der Waals surface area contributed by atoms with E-state index in [2.05, 4.69) is 19.9 Å². The molecule has 1 aliphatic heterocycles. The van der Waals surface area contributed by atoms with Gasteiger partial charge in [0.25, 0.3) is 0 Å². The van der Waals surface area contributed by atoms with Crippen molar-refractivity contribution >= 4 is 17.3 Å². The first-order valence-corrected chi connectivity index (χ1v) is 7.51. The molecular formula is C15H19ClN4O. The van der Waals surface area contributed by atoms with Gasteiger partial charge in [0, 0.05) is 50.7 Å². The number of aryl methyl sites for hydroxylation is 2. The summed E-state index contributed by atoms with van der Waals surface area (Å²) in [6.07, 6.45) is 3.49. The van der Waals surface area contributed by atoms with Gasteiger partial charge in [-0.3, -0.25) is 9.88 Å². The Labute approximate surface area is 129 Å². The van der Waals surface area contributed by atoms with Gasteiger partial charge in [0.15, 0.2) is 0 Å². The average molecular weight is 307 g/mol. The molecule has 0 atom stereocenters. The third-order valence-electron chi connectivity index (χ3n) is 4.03. The quantitative estimate of drug-likeness (QED) is 0.872. The standard InChI is InChI=1S/C15H19ClN4O/c1-11-13(12(2)21-18-11)10-19-5-7-20(8-6-19)15-3-4-17-9-14(15)16/h3-4,9H,5-8,10H2,1-2H3. The lowest BCUT2D eigenvalue weighted by atomic mass is 10.1. The van der Waals surface area contributed by atoms with Gasteiger partial charge in [-0.15, -0.1) is 0 Å². The van der Waals surface area contributed by atoms with E-state index in [0.29, 0.717) is 0 Å². The van der Waals surface area contributed by atoms with Crippen LogP contribution in [0.5, 0.6) is 0 Å². The van der Waals surface area contributed by atoms with Crippen LogP contribution in [0.25, 0.3) is 0 Å². The summed E-state index contributed by atoms with van der Waals surface area (Å²) in [7, 11) is 0. The molecule has 0 unspecified atom stereocenters. The lowest BCUT2D eigenvalue weighted by Crippen LogP contribution is -2.46. The third-order valence-corrected chi connectivity index (χ3v) is 4.32. The van der Waals surface area contributed by atoms with Crippen LogP contribution in [0, 0.1) is 13.8 Å². The number of piperazine rings is 1. The van der Waals surface area contributed by atoms with Gasteiger partial charge in [0.05, 0.1) is 16.4 Å². The molecule has 0 aliphatic carbocycles. The second kappa shape index (κ2) is 6.03. The van der Waals surface area contributed by atoms with Crippen LogP contribution in [0.3, 0.4) is 0 Å². The molecule has 0 N–H and O–H groups in total. The zero-order chi connectivity index (χ0) is 14.8. The number of nitrogens with zero attached hydrogens (tertiary/aromatic N) is 4. The lowest BCUT2D eigenvalue weighted by molar-refractivity contribution is 0.248. The van der Waals surface area contributed by atoms with Crippen LogP contribution in [-0.4, -0.2) is 41.2 Å². The first kappa shape index (κ1) is 14.4. The molecule has 5 nitrogen and oxygen atoms in total. The van der Waals surface area contributed by atoms with Crippen molar-refractivity contribution in [3.05, 3.63) is 40.5 Å². The third kappa shape index (κ3) is 3.04. The average Bonchev–Trinajstić information content (AvgIpc) is 2.81. The maximum Gasteiger partial charge on any atom is 0.138 e. The molecule has 1 saturated heterocycles. The van der Waals surface area contributed by atoms with E-state index in [9.17, 15) is 0 Å². The molecule has 6 heteroatoms. The fourth-order valence-corrected chi connectivity index (χ4v) is 2.96. The van der Waals surface area contributed by atoms with Crippen LogP contribution in [0.4, 0.5) is 5.69 Å². The highest BCUT2D eigenvalue weighted by Gasteiger charge is 2.21. The number of rotatable bonds is 3. The molecule has 21 heavy (non-hydrogen) atoms. The van der Waals surface area contributed by atoms with Crippen molar-refractivity contribution in [1.29, 1.82) is 0 Å². The summed E-state index contributed by atoms with van der Waals surface area (Å²) in [5.74, 6) is 0.923. The molecule has 0 saturated carbocycles. The molecule has 3 rings (SSSR count). The van der Waals surface area contributed by atoms with Gasteiger partial charge in [0.1, 0.15) is 5.76 Å². The van der Waals surface area contributed by atoms with Crippen molar-refractivity contribution in [1.82, 2.24) is 15.0 Å². The topological polar surface area (TPSA) is 45.4 Å². The number of halogens is 1. The Bertz CT molecular complexity index is 600. The zero-order valence-electron chi connectivity index (χ0n) is 12.3. The smallest absolute Gasteiger partial charge is 0.138 e. The van der Waals surface area contributed by atoms with Crippen molar-refractivity contribution in [2.75, 3.05) is 31.1 Å². The van der Waals surface area contributed by atoms with E-state index >= 15 is 0 Å². The highest BCUT2D eigenvalue weighted by atomic mass is 35.5. The number of hydrogen-bond donors (Lipinski definition) is 0. The van der Waals surface area contributed by atoms with Gasteiger partial charge in [-0.05, 0) is 19.9 Å². The van der Waals surface area contributed by atoms with Crippen LogP contribution in [-0.2, 0) is 6.54 Å². The Hall–Kier alpha value is -1.59. The van der Waals surface area contributed by atoms with Crippen molar-refractivity contribution < 1.29 is 4.52 Å². The van der Waals surface area contributed by atoms with Crippen LogP contribution < -0.4 is 4.90 Å². The van der Waals surface area contributed by atoms with Crippen molar-refractivity contribution in [2.45, 2.75) is 20.4 Å². The van der Waals surface area contributed by atoms with Crippen molar-refractivity contribution in [2.24, 2.45) is 0 Å². The fraction of sp³-hybridized carbons (Fsp3) is 0.467. The Balaban J connectivity index is 1.62. The number of anilines is 1. The molecule has 112 valence electrons. The van der Waals surface area contributed by atoms with Gasteiger partial charge < -0.3 is 9.42 Å². The fourth-order valence-electron chi connectivity index (χ4n) is 2.72. The van der Waals surface area contributed by atoms with E-state index in [-0.39, 0.29) is 0 Å². The highest BCUT2D eigenvalue weighted by Crippen LogP contribution is 2.25. The van der Waals surface area contributed by atoms with E-state index in [1.807, 2.05) is 19.9 Å². The van der Waals surface area contributed by atoms with Crippen molar-refractivity contribution in [3.8, 4) is 0 Å². The Morgan fingerprint density at radius 3 is 2.62 bits per heavy atom.